The van der Waals surface area contributed by atoms with Gasteiger partial charge in [-0.05, 0) is 43.5 Å². The van der Waals surface area contributed by atoms with Gasteiger partial charge in [0.2, 0.25) is 10.0 Å². The predicted molar refractivity (Wildman–Crippen MR) is 96.2 cm³/mol. The van der Waals surface area contributed by atoms with Crippen molar-refractivity contribution in [1.29, 1.82) is 0 Å². The maximum atomic E-state index is 12.2. The maximum absolute atomic E-state index is 12.2. The molecule has 0 aromatic heterocycles. The summed E-state index contributed by atoms with van der Waals surface area (Å²) in [5.41, 5.74) is 0.644. The largest absolute Gasteiger partial charge is 0.484 e. The van der Waals surface area contributed by atoms with Gasteiger partial charge in [0.1, 0.15) is 5.75 Å². The van der Waals surface area contributed by atoms with Gasteiger partial charge in [-0.3, -0.25) is 4.79 Å². The summed E-state index contributed by atoms with van der Waals surface area (Å²) in [4.78, 5) is 12.0. The third-order valence-electron chi connectivity index (χ3n) is 3.32. The Kier molecular flexibility index (Phi) is 8.34. The van der Waals surface area contributed by atoms with Crippen LogP contribution in [0.15, 0.2) is 23.1 Å². The molecule has 0 heterocycles. The highest BCUT2D eigenvalue weighted by Gasteiger charge is 2.16. The summed E-state index contributed by atoms with van der Waals surface area (Å²) in [6.45, 7) is 8.08. The number of nitrogens with one attached hydrogen (secondary N) is 2. The lowest BCUT2D eigenvalue weighted by molar-refractivity contribution is -0.124. The molecule has 0 saturated heterocycles. The number of carbonyl (C=O) groups excluding carboxylic acids is 1. The number of hydrogen-bond acceptors (Lipinski definition) is 5. The van der Waals surface area contributed by atoms with Gasteiger partial charge in [-0.15, -0.1) is 0 Å². The van der Waals surface area contributed by atoms with Crippen molar-refractivity contribution in [2.75, 3.05) is 26.9 Å². The summed E-state index contributed by atoms with van der Waals surface area (Å²) in [7, 11) is -1.98. The molecule has 1 rings (SSSR count). The molecule has 0 spiro atoms. The molecule has 0 saturated carbocycles. The molecular weight excluding hydrogens is 344 g/mol. The van der Waals surface area contributed by atoms with Crippen molar-refractivity contribution < 1.29 is 22.7 Å². The summed E-state index contributed by atoms with van der Waals surface area (Å²) in [6, 6.07) is 4.45. The molecule has 0 radical (unpaired) electrons. The van der Waals surface area contributed by atoms with Crippen LogP contribution in [0.2, 0.25) is 0 Å². The molecular formula is C17H28N2O5S. The van der Waals surface area contributed by atoms with Gasteiger partial charge >= 0.3 is 0 Å². The maximum Gasteiger partial charge on any atom is 0.258 e. The minimum Gasteiger partial charge on any atom is -0.484 e. The van der Waals surface area contributed by atoms with Crippen LogP contribution in [0.4, 0.5) is 0 Å². The smallest absolute Gasteiger partial charge is 0.258 e. The summed E-state index contributed by atoms with van der Waals surface area (Å²) >= 11 is 0. The number of ether oxygens (including phenoxy) is 2. The van der Waals surface area contributed by atoms with Crippen LogP contribution < -0.4 is 14.8 Å². The van der Waals surface area contributed by atoms with E-state index in [4.69, 9.17) is 9.47 Å². The van der Waals surface area contributed by atoms with E-state index in [9.17, 15) is 13.2 Å². The lowest BCUT2D eigenvalue weighted by atomic mass is 10.2. The molecule has 0 unspecified atom stereocenters. The van der Waals surface area contributed by atoms with Crippen LogP contribution in [-0.4, -0.2) is 47.2 Å². The van der Waals surface area contributed by atoms with Crippen molar-refractivity contribution in [3.63, 3.8) is 0 Å². The monoisotopic (exact) mass is 372 g/mol. The summed E-state index contributed by atoms with van der Waals surface area (Å²) < 4.78 is 37.4. The molecule has 0 fully saturated rings. The molecule has 142 valence electrons. The highest BCUT2D eigenvalue weighted by molar-refractivity contribution is 7.89. The van der Waals surface area contributed by atoms with E-state index in [1.165, 1.54) is 12.1 Å². The fourth-order valence-electron chi connectivity index (χ4n) is 2.06. The van der Waals surface area contributed by atoms with Crippen molar-refractivity contribution in [3.05, 3.63) is 23.8 Å². The van der Waals surface area contributed by atoms with E-state index < -0.39 is 10.0 Å². The van der Waals surface area contributed by atoms with E-state index in [1.807, 2.05) is 20.8 Å². The number of hydrogen-bond donors (Lipinski definition) is 2. The first-order valence-corrected chi connectivity index (χ1v) is 9.65. The molecule has 0 aliphatic rings. The van der Waals surface area contributed by atoms with Gasteiger partial charge in [-0.1, -0.05) is 13.8 Å². The van der Waals surface area contributed by atoms with Gasteiger partial charge in [-0.25, -0.2) is 13.1 Å². The fraction of sp³-hybridized carbons (Fsp3) is 0.588. The molecule has 1 atom stereocenters. The summed E-state index contributed by atoms with van der Waals surface area (Å²) in [5.74, 6) is 0.425. The molecule has 8 heteroatoms. The lowest BCUT2D eigenvalue weighted by Crippen LogP contribution is -2.38. The lowest BCUT2D eigenvalue weighted by Gasteiger charge is -2.15. The Morgan fingerprint density at radius 2 is 1.92 bits per heavy atom. The molecule has 7 nitrogen and oxygen atoms in total. The van der Waals surface area contributed by atoms with Crippen molar-refractivity contribution in [2.24, 2.45) is 5.92 Å². The minimum atomic E-state index is -3.55. The predicted octanol–water partition coefficient (Wildman–Crippen LogP) is 1.46. The number of carbonyl (C=O) groups is 1. The van der Waals surface area contributed by atoms with Crippen molar-refractivity contribution in [1.82, 2.24) is 10.0 Å². The first-order chi connectivity index (χ1) is 11.7. The molecule has 25 heavy (non-hydrogen) atoms. The molecule has 0 aliphatic carbocycles. The zero-order valence-corrected chi connectivity index (χ0v) is 16.3. The number of sulfonamides is 1. The molecule has 1 amide bonds. The zero-order valence-electron chi connectivity index (χ0n) is 15.5. The first kappa shape index (κ1) is 21.4. The Bertz CT molecular complexity index is 674. The minimum absolute atomic E-state index is 0.109. The topological polar surface area (TPSA) is 93.7 Å². The van der Waals surface area contributed by atoms with Gasteiger partial charge in [0.25, 0.3) is 5.91 Å². The highest BCUT2D eigenvalue weighted by Crippen LogP contribution is 2.21. The van der Waals surface area contributed by atoms with Gasteiger partial charge < -0.3 is 14.8 Å². The Morgan fingerprint density at radius 1 is 1.24 bits per heavy atom. The van der Waals surface area contributed by atoms with Crippen LogP contribution in [0, 0.1) is 12.8 Å². The number of methoxy groups -OCH3 is 1. The number of aryl methyl sites for hydroxylation is 1. The first-order valence-electron chi connectivity index (χ1n) is 8.17. The normalized spacial score (nSPS) is 12.9. The van der Waals surface area contributed by atoms with Crippen LogP contribution in [0.1, 0.15) is 26.3 Å². The quantitative estimate of drug-likeness (QED) is 0.648. The van der Waals surface area contributed by atoms with Crippen LogP contribution in [0.25, 0.3) is 0 Å². The Labute approximate surface area is 150 Å². The molecule has 1 aromatic carbocycles. The van der Waals surface area contributed by atoms with Crippen molar-refractivity contribution >= 4 is 15.9 Å². The average molecular weight is 372 g/mol. The van der Waals surface area contributed by atoms with Crippen LogP contribution >= 0.6 is 0 Å². The van der Waals surface area contributed by atoms with E-state index in [2.05, 4.69) is 10.0 Å². The van der Waals surface area contributed by atoms with Crippen molar-refractivity contribution in [3.8, 4) is 5.75 Å². The fourth-order valence-corrected chi connectivity index (χ4v) is 3.36. The zero-order chi connectivity index (χ0) is 19.0. The molecule has 2 N–H and O–H groups in total. The van der Waals surface area contributed by atoms with Gasteiger partial charge in [-0.2, -0.15) is 0 Å². The standard InChI is InChI=1S/C17H28N2O5S/c1-12(2)9-18-25(21,22)15-6-7-16(13(3)8-15)24-11-17(20)19-14(4)10-23-5/h6-8,12,14,18H,9-11H2,1-5H3,(H,19,20)/t14-/m1/s1. The van der Waals surface area contributed by atoms with Crippen LogP contribution in [-0.2, 0) is 19.6 Å². The number of rotatable bonds is 10. The van der Waals surface area contributed by atoms with E-state index >= 15 is 0 Å². The second kappa shape index (κ2) is 9.74. The second-order valence-electron chi connectivity index (χ2n) is 6.39. The number of amides is 1. The SMILES string of the molecule is COC[C@@H](C)NC(=O)COc1ccc(S(=O)(=O)NCC(C)C)cc1C. The van der Waals surface area contributed by atoms with E-state index in [0.29, 0.717) is 24.5 Å². The number of benzene rings is 1. The van der Waals surface area contributed by atoms with Crippen LogP contribution in [0.5, 0.6) is 5.75 Å². The van der Waals surface area contributed by atoms with Crippen LogP contribution in [0.3, 0.4) is 0 Å². The van der Waals surface area contributed by atoms with Gasteiger partial charge in [0.15, 0.2) is 6.61 Å². The molecule has 0 aliphatic heterocycles. The van der Waals surface area contributed by atoms with Crippen molar-refractivity contribution in [2.45, 2.75) is 38.6 Å². The Hall–Kier alpha value is -1.64. The summed E-state index contributed by atoms with van der Waals surface area (Å²) in [6.07, 6.45) is 0. The molecule has 0 bridgehead atoms. The van der Waals surface area contributed by atoms with E-state index in [-0.39, 0.29) is 29.4 Å². The summed E-state index contributed by atoms with van der Waals surface area (Å²) in [5, 5.41) is 2.74. The Morgan fingerprint density at radius 3 is 2.48 bits per heavy atom. The van der Waals surface area contributed by atoms with Gasteiger partial charge in [0.05, 0.1) is 11.5 Å². The third-order valence-corrected chi connectivity index (χ3v) is 4.74. The Balaban J connectivity index is 2.68. The second-order valence-corrected chi connectivity index (χ2v) is 8.15. The van der Waals surface area contributed by atoms with E-state index in [0.717, 1.165) is 0 Å². The molecule has 1 aromatic rings. The van der Waals surface area contributed by atoms with Gasteiger partial charge in [0, 0.05) is 19.7 Å². The van der Waals surface area contributed by atoms with E-state index in [1.54, 1.807) is 20.1 Å². The highest BCUT2D eigenvalue weighted by atomic mass is 32.2. The third kappa shape index (κ3) is 7.41. The average Bonchev–Trinajstić information content (AvgIpc) is 2.52.